The van der Waals surface area contributed by atoms with Crippen LogP contribution in [-0.2, 0) is 18.4 Å². The number of furan rings is 1. The van der Waals surface area contributed by atoms with E-state index in [0.717, 1.165) is 41.9 Å². The number of aliphatic imine (C=N–C) groups is 1. The van der Waals surface area contributed by atoms with Crippen LogP contribution in [0.25, 0.3) is 0 Å². The molecule has 0 aromatic carbocycles. The molecule has 2 rings (SSSR count). The lowest BCUT2D eigenvalue weighted by Crippen LogP contribution is -2.38. The van der Waals surface area contributed by atoms with Crippen molar-refractivity contribution in [2.75, 3.05) is 13.1 Å². The topological polar surface area (TPSA) is 62.5 Å². The summed E-state index contributed by atoms with van der Waals surface area (Å²) in [6.07, 6.45) is 2.53. The van der Waals surface area contributed by atoms with Gasteiger partial charge in [-0.3, -0.25) is 0 Å². The van der Waals surface area contributed by atoms with Gasteiger partial charge in [-0.25, -0.2) is 9.98 Å². The van der Waals surface area contributed by atoms with Crippen LogP contribution in [0.4, 0.5) is 0 Å². The van der Waals surface area contributed by atoms with Gasteiger partial charge in [-0.1, -0.05) is 20.8 Å². The molecule has 0 spiro atoms. The van der Waals surface area contributed by atoms with Crippen molar-refractivity contribution >= 4 is 17.3 Å². The Morgan fingerprint density at radius 2 is 2.17 bits per heavy atom. The van der Waals surface area contributed by atoms with E-state index in [2.05, 4.69) is 53.7 Å². The molecule has 2 N–H and O–H groups in total. The summed E-state index contributed by atoms with van der Waals surface area (Å²) in [5.74, 6) is 1.79. The first-order chi connectivity index (χ1) is 11.0. The molecule has 0 amide bonds. The summed E-state index contributed by atoms with van der Waals surface area (Å²) in [5, 5.41) is 9.74. The minimum absolute atomic E-state index is 0.0876. The lowest BCUT2D eigenvalue weighted by atomic mass is 9.93. The molecule has 0 saturated carbocycles. The molecule has 5 nitrogen and oxygen atoms in total. The summed E-state index contributed by atoms with van der Waals surface area (Å²) in [6.45, 7) is 10.8. The van der Waals surface area contributed by atoms with Crippen molar-refractivity contribution in [3.05, 3.63) is 40.2 Å². The van der Waals surface area contributed by atoms with E-state index in [1.54, 1.807) is 17.6 Å². The van der Waals surface area contributed by atoms with Crippen LogP contribution in [0.15, 0.2) is 33.2 Å². The van der Waals surface area contributed by atoms with Gasteiger partial charge in [0.05, 0.1) is 18.5 Å². The van der Waals surface area contributed by atoms with E-state index in [0.29, 0.717) is 6.54 Å². The molecular formula is C17H26N4OS. The minimum atomic E-state index is 0.0876. The maximum Gasteiger partial charge on any atom is 0.191 e. The van der Waals surface area contributed by atoms with Crippen LogP contribution in [0.5, 0.6) is 0 Å². The Morgan fingerprint density at radius 1 is 1.35 bits per heavy atom. The zero-order chi connectivity index (χ0) is 16.7. The van der Waals surface area contributed by atoms with Gasteiger partial charge in [0.1, 0.15) is 10.8 Å². The molecule has 0 fully saturated rings. The molecule has 0 atom stereocenters. The van der Waals surface area contributed by atoms with Gasteiger partial charge in [0, 0.05) is 30.3 Å². The van der Waals surface area contributed by atoms with Crippen molar-refractivity contribution in [2.45, 2.75) is 46.1 Å². The van der Waals surface area contributed by atoms with Gasteiger partial charge in [-0.2, -0.15) is 0 Å². The molecule has 0 bridgehead atoms. The van der Waals surface area contributed by atoms with Gasteiger partial charge in [0.2, 0.25) is 0 Å². The van der Waals surface area contributed by atoms with E-state index >= 15 is 0 Å². The highest BCUT2D eigenvalue weighted by molar-refractivity contribution is 7.09. The molecule has 0 radical (unpaired) electrons. The van der Waals surface area contributed by atoms with E-state index < -0.39 is 0 Å². The number of hydrogen-bond donors (Lipinski definition) is 2. The van der Waals surface area contributed by atoms with Crippen LogP contribution < -0.4 is 10.6 Å². The Labute approximate surface area is 142 Å². The number of aromatic nitrogens is 1. The van der Waals surface area contributed by atoms with E-state index in [1.807, 2.05) is 12.1 Å². The molecule has 0 saturated heterocycles. The van der Waals surface area contributed by atoms with Crippen molar-refractivity contribution in [3.63, 3.8) is 0 Å². The largest absolute Gasteiger partial charge is 0.469 e. The van der Waals surface area contributed by atoms with Gasteiger partial charge < -0.3 is 15.1 Å². The summed E-state index contributed by atoms with van der Waals surface area (Å²) in [6, 6.07) is 3.89. The average molecular weight is 334 g/mol. The number of hydrogen-bond acceptors (Lipinski definition) is 4. The molecule has 126 valence electrons. The molecule has 6 heteroatoms. The smallest absolute Gasteiger partial charge is 0.191 e. The minimum Gasteiger partial charge on any atom is -0.469 e. The highest BCUT2D eigenvalue weighted by atomic mass is 32.1. The fraction of sp³-hybridized carbons (Fsp3) is 0.529. The van der Waals surface area contributed by atoms with E-state index in [-0.39, 0.29) is 5.41 Å². The maximum atomic E-state index is 5.33. The molecular weight excluding hydrogens is 308 g/mol. The fourth-order valence-electron chi connectivity index (χ4n) is 1.98. The number of thiazole rings is 1. The Kier molecular flexibility index (Phi) is 6.21. The molecule has 0 aliphatic heterocycles. The quantitative estimate of drug-likeness (QED) is 0.628. The molecule has 0 aliphatic rings. The van der Waals surface area contributed by atoms with Crippen LogP contribution >= 0.6 is 11.3 Å². The Hall–Kier alpha value is -1.82. The Bertz CT molecular complexity index is 611. The van der Waals surface area contributed by atoms with Gasteiger partial charge in [-0.05, 0) is 19.1 Å². The number of nitrogens with one attached hydrogen (secondary N) is 2. The van der Waals surface area contributed by atoms with Crippen LogP contribution in [0.3, 0.4) is 0 Å². The zero-order valence-corrected chi connectivity index (χ0v) is 15.2. The summed E-state index contributed by atoms with van der Waals surface area (Å²) in [5.41, 5.74) is 1.22. The third-order valence-electron chi connectivity index (χ3n) is 3.28. The third-order valence-corrected chi connectivity index (χ3v) is 4.11. The fourth-order valence-corrected chi connectivity index (χ4v) is 2.92. The van der Waals surface area contributed by atoms with Crippen molar-refractivity contribution in [1.29, 1.82) is 0 Å². The molecule has 2 aromatic heterocycles. The van der Waals surface area contributed by atoms with E-state index in [9.17, 15) is 0 Å². The second-order valence-electron chi connectivity index (χ2n) is 6.33. The summed E-state index contributed by atoms with van der Waals surface area (Å²) < 4.78 is 5.33. The first kappa shape index (κ1) is 17.5. The predicted molar refractivity (Wildman–Crippen MR) is 96.0 cm³/mol. The van der Waals surface area contributed by atoms with Crippen LogP contribution in [-0.4, -0.2) is 24.0 Å². The van der Waals surface area contributed by atoms with Gasteiger partial charge in [0.15, 0.2) is 5.96 Å². The first-order valence-electron chi connectivity index (χ1n) is 7.98. The van der Waals surface area contributed by atoms with Gasteiger partial charge >= 0.3 is 0 Å². The standard InChI is InChI=1S/C17H26N4OS/c1-5-18-16(19-9-8-13-7-6-10-22-13)20-11-15-21-14(12-23-15)17(2,3)4/h6-7,10,12H,5,8-9,11H2,1-4H3,(H2,18,19,20). The normalized spacial score (nSPS) is 12.4. The lowest BCUT2D eigenvalue weighted by molar-refractivity contribution is 0.507. The Balaban J connectivity index is 1.88. The maximum absolute atomic E-state index is 5.33. The highest BCUT2D eigenvalue weighted by Gasteiger charge is 2.17. The van der Waals surface area contributed by atoms with Gasteiger partial charge in [-0.15, -0.1) is 11.3 Å². The van der Waals surface area contributed by atoms with Crippen molar-refractivity contribution in [2.24, 2.45) is 4.99 Å². The zero-order valence-electron chi connectivity index (χ0n) is 14.3. The van der Waals surface area contributed by atoms with Gasteiger partial charge in [0.25, 0.3) is 0 Å². The Morgan fingerprint density at radius 3 is 2.78 bits per heavy atom. The van der Waals surface area contributed by atoms with Crippen molar-refractivity contribution < 1.29 is 4.42 Å². The molecule has 0 unspecified atom stereocenters. The summed E-state index contributed by atoms with van der Waals surface area (Å²) >= 11 is 1.67. The average Bonchev–Trinajstić information content (AvgIpc) is 3.15. The lowest BCUT2D eigenvalue weighted by Gasteiger charge is -2.14. The monoisotopic (exact) mass is 334 g/mol. The van der Waals surface area contributed by atoms with Crippen LogP contribution in [0.2, 0.25) is 0 Å². The number of rotatable bonds is 6. The van der Waals surface area contributed by atoms with Crippen molar-refractivity contribution in [1.82, 2.24) is 15.6 Å². The summed E-state index contributed by atoms with van der Waals surface area (Å²) in [7, 11) is 0. The molecule has 2 heterocycles. The summed E-state index contributed by atoms with van der Waals surface area (Å²) in [4.78, 5) is 9.29. The number of guanidine groups is 1. The highest BCUT2D eigenvalue weighted by Crippen LogP contribution is 2.24. The predicted octanol–water partition coefficient (Wildman–Crippen LogP) is 3.33. The van der Waals surface area contributed by atoms with E-state index in [1.165, 1.54) is 0 Å². The molecule has 23 heavy (non-hydrogen) atoms. The first-order valence-corrected chi connectivity index (χ1v) is 8.86. The SMILES string of the molecule is CCNC(=NCc1nc(C(C)(C)C)cs1)NCCc1ccco1. The van der Waals surface area contributed by atoms with Crippen molar-refractivity contribution in [3.8, 4) is 0 Å². The third kappa shape index (κ3) is 5.71. The molecule has 2 aromatic rings. The second kappa shape index (κ2) is 8.15. The second-order valence-corrected chi connectivity index (χ2v) is 7.27. The van der Waals surface area contributed by atoms with E-state index in [4.69, 9.17) is 4.42 Å². The van der Waals surface area contributed by atoms with Crippen LogP contribution in [0, 0.1) is 0 Å². The van der Waals surface area contributed by atoms with Crippen LogP contribution in [0.1, 0.15) is 44.2 Å². The number of nitrogens with zero attached hydrogens (tertiary/aromatic N) is 2. The molecule has 0 aliphatic carbocycles.